The fourth-order valence-corrected chi connectivity index (χ4v) is 3.25. The molecule has 1 aromatic rings. The molecule has 1 N–H and O–H groups in total. The van der Waals surface area contributed by atoms with Gasteiger partial charge in [0.1, 0.15) is 5.75 Å². The minimum Gasteiger partial charge on any atom is -0.494 e. The zero-order valence-corrected chi connectivity index (χ0v) is 14.9. The number of urea groups is 1. The van der Waals surface area contributed by atoms with E-state index < -0.39 is 0 Å². The van der Waals surface area contributed by atoms with Crippen LogP contribution in [0.1, 0.15) is 34.6 Å². The molecular formula is C18H29N3O2. The molecule has 1 heterocycles. The number of nitrogens with zero attached hydrogens (tertiary/aromatic N) is 2. The number of ether oxygens (including phenoxy) is 1. The van der Waals surface area contributed by atoms with Crippen LogP contribution < -0.4 is 10.1 Å². The molecule has 0 spiro atoms. The lowest BCUT2D eigenvalue weighted by Gasteiger charge is -2.48. The molecule has 0 unspecified atom stereocenters. The van der Waals surface area contributed by atoms with Gasteiger partial charge in [-0.05, 0) is 58.9 Å². The molecule has 1 saturated heterocycles. The number of carbonyl (C=O) groups is 1. The molecule has 0 radical (unpaired) electrons. The van der Waals surface area contributed by atoms with E-state index >= 15 is 0 Å². The highest BCUT2D eigenvalue weighted by molar-refractivity contribution is 5.90. The van der Waals surface area contributed by atoms with Crippen molar-refractivity contribution in [2.45, 2.75) is 52.7 Å². The van der Waals surface area contributed by atoms with Crippen molar-refractivity contribution in [3.63, 3.8) is 0 Å². The molecule has 0 aliphatic carbocycles. The van der Waals surface area contributed by atoms with Gasteiger partial charge in [-0.15, -0.1) is 0 Å². The van der Waals surface area contributed by atoms with E-state index in [4.69, 9.17) is 4.74 Å². The molecule has 1 aromatic carbocycles. The van der Waals surface area contributed by atoms with E-state index in [1.54, 1.807) is 0 Å². The van der Waals surface area contributed by atoms with Gasteiger partial charge in [-0.1, -0.05) is 0 Å². The van der Waals surface area contributed by atoms with Crippen LogP contribution in [0.25, 0.3) is 0 Å². The van der Waals surface area contributed by atoms with E-state index in [0.29, 0.717) is 24.7 Å². The molecule has 0 saturated carbocycles. The third-order valence-corrected chi connectivity index (χ3v) is 4.18. The van der Waals surface area contributed by atoms with Gasteiger partial charge in [0.2, 0.25) is 0 Å². The summed E-state index contributed by atoms with van der Waals surface area (Å²) in [6, 6.07) is 8.91. The van der Waals surface area contributed by atoms with Gasteiger partial charge in [-0.3, -0.25) is 4.90 Å². The SMILES string of the molecule is CCOc1ccc(NC(=O)N2CC(N(C(C)C)C(C)C)C2)cc1. The highest BCUT2D eigenvalue weighted by atomic mass is 16.5. The topological polar surface area (TPSA) is 44.8 Å². The Kier molecular flexibility index (Phi) is 5.88. The fourth-order valence-electron chi connectivity index (χ4n) is 3.25. The molecule has 1 aliphatic rings. The summed E-state index contributed by atoms with van der Waals surface area (Å²) in [6.45, 7) is 13.0. The van der Waals surface area contributed by atoms with Crippen LogP contribution in [0, 0.1) is 0 Å². The third-order valence-electron chi connectivity index (χ3n) is 4.18. The van der Waals surface area contributed by atoms with Crippen LogP contribution in [-0.2, 0) is 0 Å². The maximum Gasteiger partial charge on any atom is 0.321 e. The van der Waals surface area contributed by atoms with Crippen molar-refractivity contribution in [2.75, 3.05) is 25.0 Å². The minimum atomic E-state index is -0.0297. The number of benzene rings is 1. The van der Waals surface area contributed by atoms with Gasteiger partial charge in [0.15, 0.2) is 0 Å². The molecule has 5 nitrogen and oxygen atoms in total. The number of rotatable bonds is 6. The molecule has 5 heteroatoms. The summed E-state index contributed by atoms with van der Waals surface area (Å²) in [5.74, 6) is 0.819. The summed E-state index contributed by atoms with van der Waals surface area (Å²) < 4.78 is 5.40. The van der Waals surface area contributed by atoms with Crippen LogP contribution in [0.3, 0.4) is 0 Å². The molecule has 2 rings (SSSR count). The van der Waals surface area contributed by atoms with Crippen LogP contribution in [0.4, 0.5) is 10.5 Å². The molecule has 0 bridgehead atoms. The molecule has 0 aromatic heterocycles. The van der Waals surface area contributed by atoms with E-state index in [0.717, 1.165) is 24.5 Å². The zero-order chi connectivity index (χ0) is 17.0. The van der Waals surface area contributed by atoms with Crippen molar-refractivity contribution >= 4 is 11.7 Å². The van der Waals surface area contributed by atoms with Crippen LogP contribution in [0.5, 0.6) is 5.75 Å². The molecule has 2 amide bonds. The monoisotopic (exact) mass is 319 g/mol. The van der Waals surface area contributed by atoms with Crippen LogP contribution >= 0.6 is 0 Å². The zero-order valence-electron chi connectivity index (χ0n) is 14.9. The normalized spacial score (nSPS) is 15.2. The van der Waals surface area contributed by atoms with Gasteiger partial charge in [-0.2, -0.15) is 0 Å². The first-order chi connectivity index (χ1) is 10.9. The number of amides is 2. The highest BCUT2D eigenvalue weighted by Gasteiger charge is 2.36. The van der Waals surface area contributed by atoms with Crippen molar-refractivity contribution in [1.82, 2.24) is 9.80 Å². The largest absolute Gasteiger partial charge is 0.494 e. The van der Waals surface area contributed by atoms with E-state index in [1.165, 1.54) is 0 Å². The van der Waals surface area contributed by atoms with E-state index in [-0.39, 0.29) is 6.03 Å². The maximum absolute atomic E-state index is 12.3. The Labute approximate surface area is 139 Å². The van der Waals surface area contributed by atoms with Crippen molar-refractivity contribution in [2.24, 2.45) is 0 Å². The van der Waals surface area contributed by atoms with Gasteiger partial charge < -0.3 is 15.0 Å². The van der Waals surface area contributed by atoms with Crippen molar-refractivity contribution in [3.8, 4) is 5.75 Å². The lowest BCUT2D eigenvalue weighted by atomic mass is 10.0. The predicted octanol–water partition coefficient (Wildman–Crippen LogP) is 3.42. The lowest BCUT2D eigenvalue weighted by Crippen LogP contribution is -2.64. The average Bonchev–Trinajstić information content (AvgIpc) is 2.43. The molecule has 1 aliphatic heterocycles. The third kappa shape index (κ3) is 4.38. The standard InChI is InChI=1S/C18H29N3O2/c1-6-23-17-9-7-15(8-10-17)19-18(22)20-11-16(12-20)21(13(2)3)14(4)5/h7-10,13-14,16H,6,11-12H2,1-5H3,(H,19,22). The quantitative estimate of drug-likeness (QED) is 0.874. The van der Waals surface area contributed by atoms with Gasteiger partial charge in [0.25, 0.3) is 0 Å². The number of nitrogens with one attached hydrogen (secondary N) is 1. The number of hydrogen-bond acceptors (Lipinski definition) is 3. The molecule has 1 fully saturated rings. The second-order valence-corrected chi connectivity index (χ2v) is 6.58. The van der Waals surface area contributed by atoms with E-state index in [2.05, 4.69) is 37.9 Å². The second-order valence-electron chi connectivity index (χ2n) is 6.58. The van der Waals surface area contributed by atoms with E-state index in [9.17, 15) is 4.79 Å². The van der Waals surface area contributed by atoms with Gasteiger partial charge in [-0.25, -0.2) is 4.79 Å². The van der Waals surface area contributed by atoms with Crippen molar-refractivity contribution in [1.29, 1.82) is 0 Å². The first kappa shape index (κ1) is 17.6. The van der Waals surface area contributed by atoms with Gasteiger partial charge in [0, 0.05) is 36.9 Å². The van der Waals surface area contributed by atoms with Crippen molar-refractivity contribution < 1.29 is 9.53 Å². The Hall–Kier alpha value is -1.75. The van der Waals surface area contributed by atoms with Gasteiger partial charge in [0.05, 0.1) is 6.61 Å². The number of likely N-dealkylation sites (tertiary alicyclic amines) is 1. The Morgan fingerprint density at radius 3 is 2.26 bits per heavy atom. The second kappa shape index (κ2) is 7.68. The lowest BCUT2D eigenvalue weighted by molar-refractivity contribution is 0.0202. The van der Waals surface area contributed by atoms with E-state index in [1.807, 2.05) is 36.1 Å². The van der Waals surface area contributed by atoms with Crippen LogP contribution in [0.15, 0.2) is 24.3 Å². The molecule has 23 heavy (non-hydrogen) atoms. The van der Waals surface area contributed by atoms with Crippen LogP contribution in [-0.4, -0.2) is 53.7 Å². The average molecular weight is 319 g/mol. The van der Waals surface area contributed by atoms with Crippen molar-refractivity contribution in [3.05, 3.63) is 24.3 Å². The molecule has 0 atom stereocenters. The summed E-state index contributed by atoms with van der Waals surface area (Å²) in [7, 11) is 0. The maximum atomic E-state index is 12.3. The summed E-state index contributed by atoms with van der Waals surface area (Å²) in [6.07, 6.45) is 0. The number of hydrogen-bond donors (Lipinski definition) is 1. The first-order valence-corrected chi connectivity index (χ1v) is 8.48. The Morgan fingerprint density at radius 1 is 1.22 bits per heavy atom. The predicted molar refractivity (Wildman–Crippen MR) is 94.1 cm³/mol. The summed E-state index contributed by atoms with van der Waals surface area (Å²) in [5.41, 5.74) is 0.798. The number of carbonyl (C=O) groups excluding carboxylic acids is 1. The highest BCUT2D eigenvalue weighted by Crippen LogP contribution is 2.22. The van der Waals surface area contributed by atoms with Gasteiger partial charge >= 0.3 is 6.03 Å². The number of anilines is 1. The Morgan fingerprint density at radius 2 is 1.78 bits per heavy atom. The Bertz CT molecular complexity index is 500. The fraction of sp³-hybridized carbons (Fsp3) is 0.611. The van der Waals surface area contributed by atoms with Crippen LogP contribution in [0.2, 0.25) is 0 Å². The summed E-state index contributed by atoms with van der Waals surface area (Å²) >= 11 is 0. The summed E-state index contributed by atoms with van der Waals surface area (Å²) in [5, 5.41) is 2.94. The Balaban J connectivity index is 1.84. The molecule has 128 valence electrons. The minimum absolute atomic E-state index is 0.0297. The smallest absolute Gasteiger partial charge is 0.321 e. The molecular weight excluding hydrogens is 290 g/mol. The summed E-state index contributed by atoms with van der Waals surface area (Å²) in [4.78, 5) is 16.6. The first-order valence-electron chi connectivity index (χ1n) is 8.48.